The number of carboxylic acid groups (broad SMARTS) is 1. The van der Waals surface area contributed by atoms with Crippen molar-refractivity contribution in [2.45, 2.75) is 0 Å². The van der Waals surface area contributed by atoms with Gasteiger partial charge in [-0.15, -0.1) is 0 Å². The number of nitrogens with one attached hydrogen (secondary N) is 1. The van der Waals surface area contributed by atoms with Crippen LogP contribution in [0, 0.1) is 0 Å². The maximum absolute atomic E-state index is 11.4. The number of carbonyl (C=O) groups is 2. The average Bonchev–Trinajstić information content (AvgIpc) is 2.20. The number of carbonyl (C=O) groups excluding carboxylic acids is 1. The van der Waals surface area contributed by atoms with Gasteiger partial charge in [0.15, 0.2) is 0 Å². The van der Waals surface area contributed by atoms with Crippen LogP contribution in [-0.4, -0.2) is 17.0 Å². The van der Waals surface area contributed by atoms with Crippen LogP contribution in [0.15, 0.2) is 37.7 Å². The molecule has 0 aliphatic rings. The highest BCUT2D eigenvalue weighted by atomic mass is 79.9. The molecule has 0 fully saturated rings. The number of amides is 1. The van der Waals surface area contributed by atoms with E-state index < -0.39 is 11.9 Å². The number of carboxylic acids is 1. The minimum absolute atomic E-state index is 0.517. The fraction of sp³-hybridized carbons (Fsp3) is 0. The molecule has 0 heterocycles. The van der Waals surface area contributed by atoms with Crippen LogP contribution in [0.4, 0.5) is 5.69 Å². The number of aliphatic carboxylic acids is 1. The van der Waals surface area contributed by atoms with Gasteiger partial charge in [-0.25, -0.2) is 4.79 Å². The van der Waals surface area contributed by atoms with Crippen LogP contribution in [0.1, 0.15) is 0 Å². The van der Waals surface area contributed by atoms with Crippen LogP contribution in [0.2, 0.25) is 0 Å². The van der Waals surface area contributed by atoms with Gasteiger partial charge in [-0.2, -0.15) is 0 Å². The summed E-state index contributed by atoms with van der Waals surface area (Å²) in [5, 5.41) is 10.9. The summed E-state index contributed by atoms with van der Waals surface area (Å²) < 4.78 is 2.20. The fourth-order valence-corrected chi connectivity index (χ4v) is 3.43. The maximum atomic E-state index is 11.4. The molecule has 1 amide bonds. The van der Waals surface area contributed by atoms with E-state index in [0.717, 1.165) is 16.6 Å². The van der Waals surface area contributed by atoms with E-state index in [0.29, 0.717) is 14.6 Å². The van der Waals surface area contributed by atoms with E-state index in [1.807, 2.05) is 0 Å². The second-order valence-corrected chi connectivity index (χ2v) is 5.53. The number of halogens is 3. The van der Waals surface area contributed by atoms with E-state index in [1.165, 1.54) is 0 Å². The third-order valence-corrected chi connectivity index (χ3v) is 3.34. The Morgan fingerprint density at radius 1 is 1.12 bits per heavy atom. The number of rotatable bonds is 3. The molecule has 1 aromatic carbocycles. The molecule has 0 radical (unpaired) electrons. The lowest BCUT2D eigenvalue weighted by molar-refractivity contribution is -0.131. The molecule has 4 nitrogen and oxygen atoms in total. The third kappa shape index (κ3) is 4.61. The van der Waals surface area contributed by atoms with E-state index in [-0.39, 0.29) is 0 Å². The van der Waals surface area contributed by atoms with Crippen molar-refractivity contribution in [1.29, 1.82) is 0 Å². The third-order valence-electron chi connectivity index (χ3n) is 1.63. The molecule has 0 spiro atoms. The van der Waals surface area contributed by atoms with Crippen LogP contribution in [-0.2, 0) is 9.59 Å². The molecule has 0 saturated heterocycles. The first-order chi connectivity index (χ1) is 7.90. The van der Waals surface area contributed by atoms with Gasteiger partial charge in [0.1, 0.15) is 0 Å². The van der Waals surface area contributed by atoms with Gasteiger partial charge in [-0.1, -0.05) is 15.9 Å². The Morgan fingerprint density at radius 3 is 2.12 bits per heavy atom. The predicted molar refractivity (Wildman–Crippen MR) is 74.9 cm³/mol. The lowest BCUT2D eigenvalue weighted by atomic mass is 10.3. The molecule has 0 aliphatic heterocycles. The molecular formula is C10H6Br3NO3. The van der Waals surface area contributed by atoms with Crippen molar-refractivity contribution in [2.24, 2.45) is 0 Å². The highest BCUT2D eigenvalue weighted by Crippen LogP contribution is 2.34. The number of benzene rings is 1. The van der Waals surface area contributed by atoms with Crippen LogP contribution in [0.5, 0.6) is 0 Å². The molecule has 0 atom stereocenters. The van der Waals surface area contributed by atoms with Crippen LogP contribution < -0.4 is 5.32 Å². The summed E-state index contributed by atoms with van der Waals surface area (Å²) in [6, 6.07) is 3.53. The summed E-state index contributed by atoms with van der Waals surface area (Å²) in [5.41, 5.74) is 0.535. The molecule has 0 saturated carbocycles. The van der Waals surface area contributed by atoms with Crippen LogP contribution in [0.3, 0.4) is 0 Å². The zero-order chi connectivity index (χ0) is 13.0. The first-order valence-electron chi connectivity index (χ1n) is 4.26. The Balaban J connectivity index is 2.89. The Kier molecular flexibility index (Phi) is 5.35. The molecule has 0 bridgehead atoms. The average molecular weight is 428 g/mol. The molecule has 1 aromatic rings. The van der Waals surface area contributed by atoms with Crippen molar-refractivity contribution < 1.29 is 14.7 Å². The van der Waals surface area contributed by atoms with E-state index in [1.54, 1.807) is 12.1 Å². The minimum atomic E-state index is -1.17. The number of hydrogen-bond acceptors (Lipinski definition) is 2. The monoisotopic (exact) mass is 425 g/mol. The van der Waals surface area contributed by atoms with Gasteiger partial charge in [0.2, 0.25) is 5.91 Å². The smallest absolute Gasteiger partial charge is 0.328 e. The standard InChI is InChI=1S/C10H6Br3NO3/c11-5-3-6(12)10(7(13)4-5)14-8(15)1-2-9(16)17/h1-4H,(H,14,15)(H,16,17)/b2-1+. The van der Waals surface area contributed by atoms with E-state index in [9.17, 15) is 9.59 Å². The topological polar surface area (TPSA) is 66.4 Å². The number of anilines is 1. The van der Waals surface area contributed by atoms with Gasteiger partial charge in [-0.05, 0) is 44.0 Å². The molecule has 0 aromatic heterocycles. The van der Waals surface area contributed by atoms with Gasteiger partial charge in [0, 0.05) is 25.6 Å². The van der Waals surface area contributed by atoms with Gasteiger partial charge < -0.3 is 10.4 Å². The largest absolute Gasteiger partial charge is 0.478 e. The maximum Gasteiger partial charge on any atom is 0.328 e. The van der Waals surface area contributed by atoms with Gasteiger partial charge in [-0.3, -0.25) is 4.79 Å². The summed E-state index contributed by atoms with van der Waals surface area (Å²) in [4.78, 5) is 21.6. The van der Waals surface area contributed by atoms with Crippen molar-refractivity contribution in [3.8, 4) is 0 Å². The highest BCUT2D eigenvalue weighted by molar-refractivity contribution is 9.11. The van der Waals surface area contributed by atoms with Gasteiger partial charge in [0.25, 0.3) is 0 Å². The van der Waals surface area contributed by atoms with E-state index in [4.69, 9.17) is 5.11 Å². The molecule has 2 N–H and O–H groups in total. The van der Waals surface area contributed by atoms with Crippen molar-refractivity contribution in [2.75, 3.05) is 5.32 Å². The molecule has 1 rings (SSSR count). The first-order valence-corrected chi connectivity index (χ1v) is 6.64. The van der Waals surface area contributed by atoms with Crippen LogP contribution >= 0.6 is 47.8 Å². The minimum Gasteiger partial charge on any atom is -0.478 e. The molecule has 0 aliphatic carbocycles. The van der Waals surface area contributed by atoms with E-state index in [2.05, 4.69) is 53.1 Å². The normalized spacial score (nSPS) is 10.5. The lowest BCUT2D eigenvalue weighted by Gasteiger charge is -2.08. The summed E-state index contributed by atoms with van der Waals surface area (Å²) in [5.74, 6) is -1.69. The first kappa shape index (κ1) is 14.4. The second-order valence-electron chi connectivity index (χ2n) is 2.91. The quantitative estimate of drug-likeness (QED) is 0.725. The Bertz CT molecular complexity index is 477. The number of hydrogen-bond donors (Lipinski definition) is 2. The lowest BCUT2D eigenvalue weighted by Crippen LogP contribution is -2.09. The summed E-state index contributed by atoms with van der Waals surface area (Å²) in [6.45, 7) is 0. The summed E-state index contributed by atoms with van der Waals surface area (Å²) in [7, 11) is 0. The van der Waals surface area contributed by atoms with Crippen molar-refractivity contribution in [3.63, 3.8) is 0 Å². The summed E-state index contributed by atoms with van der Waals surface area (Å²) in [6.07, 6.45) is 1.72. The summed E-state index contributed by atoms with van der Waals surface area (Å²) >= 11 is 9.88. The zero-order valence-electron chi connectivity index (χ0n) is 8.21. The molecule has 0 unspecified atom stereocenters. The molecule has 90 valence electrons. The fourth-order valence-electron chi connectivity index (χ4n) is 0.973. The SMILES string of the molecule is O=C(O)/C=C/C(=O)Nc1c(Br)cc(Br)cc1Br. The van der Waals surface area contributed by atoms with Crippen LogP contribution in [0.25, 0.3) is 0 Å². The Morgan fingerprint density at radius 2 is 1.65 bits per heavy atom. The Hall–Kier alpha value is -0.660. The second kappa shape index (κ2) is 6.32. The molecular weight excluding hydrogens is 422 g/mol. The zero-order valence-corrected chi connectivity index (χ0v) is 13.0. The van der Waals surface area contributed by atoms with Crippen molar-refractivity contribution in [1.82, 2.24) is 0 Å². The van der Waals surface area contributed by atoms with Gasteiger partial charge >= 0.3 is 5.97 Å². The highest BCUT2D eigenvalue weighted by Gasteiger charge is 2.08. The molecule has 17 heavy (non-hydrogen) atoms. The predicted octanol–water partition coefficient (Wildman–Crippen LogP) is 3.55. The van der Waals surface area contributed by atoms with Crippen molar-refractivity contribution in [3.05, 3.63) is 37.7 Å². The Labute approximate surface area is 122 Å². The van der Waals surface area contributed by atoms with Crippen molar-refractivity contribution >= 4 is 65.4 Å². The van der Waals surface area contributed by atoms with E-state index >= 15 is 0 Å². The molecule has 7 heteroatoms. The van der Waals surface area contributed by atoms with Gasteiger partial charge in [0.05, 0.1) is 5.69 Å².